The number of para-hydroxylation sites is 1. The van der Waals surface area contributed by atoms with Gasteiger partial charge in [0.15, 0.2) is 10.8 Å². The summed E-state index contributed by atoms with van der Waals surface area (Å²) in [6, 6.07) is 17.5. The van der Waals surface area contributed by atoms with Gasteiger partial charge in [0, 0.05) is 67.7 Å². The molecule has 4 bridgehead atoms. The number of thiazole rings is 1. The molecule has 3 aromatic heterocycles. The van der Waals surface area contributed by atoms with Crippen LogP contribution >= 0.6 is 11.3 Å². The van der Waals surface area contributed by atoms with Gasteiger partial charge in [-0.15, -0.1) is 0 Å². The molecular formula is C46H54N8O6S2. The minimum Gasteiger partial charge on any atom is -0.476 e. The molecule has 2 atom stereocenters. The van der Waals surface area contributed by atoms with Crippen LogP contribution in [0.1, 0.15) is 90.0 Å². The average Bonchev–Trinajstić information content (AvgIpc) is 3.75. The first-order valence-corrected chi connectivity index (χ1v) is 24.3. The van der Waals surface area contributed by atoms with Crippen LogP contribution in [0.2, 0.25) is 0 Å². The summed E-state index contributed by atoms with van der Waals surface area (Å²) in [7, 11) is -3.15. The third-order valence-electron chi connectivity index (χ3n) is 14.2. The molecule has 2 aromatic carbocycles. The van der Waals surface area contributed by atoms with Crippen molar-refractivity contribution >= 4 is 54.4 Å². The van der Waals surface area contributed by atoms with Crippen molar-refractivity contribution in [1.82, 2.24) is 29.4 Å². The number of carbonyl (C=O) groups is 2. The van der Waals surface area contributed by atoms with Crippen molar-refractivity contribution in [2.45, 2.75) is 90.4 Å². The molecular weight excluding hydrogens is 825 g/mol. The summed E-state index contributed by atoms with van der Waals surface area (Å²) in [5.41, 5.74) is 5.60. The van der Waals surface area contributed by atoms with Crippen LogP contribution in [0.3, 0.4) is 0 Å². The van der Waals surface area contributed by atoms with E-state index in [0.717, 1.165) is 71.2 Å². The molecule has 4 saturated carbocycles. The lowest BCUT2D eigenvalue weighted by Gasteiger charge is -2.69. The minimum atomic E-state index is -3.15. The molecule has 2 unspecified atom stereocenters. The van der Waals surface area contributed by atoms with Crippen LogP contribution in [0.4, 0.5) is 10.9 Å². The number of nitrogens with zero attached hydrogens (tertiary/aromatic N) is 6. The van der Waals surface area contributed by atoms with Gasteiger partial charge in [-0.25, -0.2) is 23.2 Å². The number of fused-ring (bicyclic) bond motifs is 2. The van der Waals surface area contributed by atoms with Crippen molar-refractivity contribution in [3.63, 3.8) is 0 Å². The number of carboxylic acid groups (broad SMARTS) is 1. The van der Waals surface area contributed by atoms with Gasteiger partial charge < -0.3 is 20.1 Å². The molecule has 5 heterocycles. The van der Waals surface area contributed by atoms with Gasteiger partial charge in [-0.3, -0.25) is 14.8 Å². The van der Waals surface area contributed by atoms with Gasteiger partial charge >= 0.3 is 5.97 Å². The van der Waals surface area contributed by atoms with Crippen molar-refractivity contribution in [2.24, 2.45) is 16.2 Å². The number of anilines is 2. The van der Waals surface area contributed by atoms with E-state index in [9.17, 15) is 23.1 Å². The lowest BCUT2D eigenvalue weighted by Crippen LogP contribution is -2.64. The van der Waals surface area contributed by atoms with E-state index in [2.05, 4.69) is 34.1 Å². The third-order valence-corrected chi connectivity index (χ3v) is 16.4. The second kappa shape index (κ2) is 14.9. The highest BCUT2D eigenvalue weighted by Gasteiger charge is 2.66. The van der Waals surface area contributed by atoms with E-state index in [1.54, 1.807) is 6.20 Å². The van der Waals surface area contributed by atoms with Crippen LogP contribution in [0.25, 0.3) is 21.3 Å². The zero-order valence-electron chi connectivity index (χ0n) is 35.7. The summed E-state index contributed by atoms with van der Waals surface area (Å²) in [6.07, 6.45) is 10.1. The summed E-state index contributed by atoms with van der Waals surface area (Å²) in [6.45, 7) is 10.9. The van der Waals surface area contributed by atoms with E-state index < -0.39 is 16.0 Å². The zero-order valence-corrected chi connectivity index (χ0v) is 37.4. The lowest BCUT2D eigenvalue weighted by molar-refractivity contribution is -0.247. The highest BCUT2D eigenvalue weighted by Crippen LogP contribution is 2.72. The molecule has 62 heavy (non-hydrogen) atoms. The molecule has 1 amide bonds. The lowest BCUT2D eigenvalue weighted by atomic mass is 9.39. The second-order valence-electron chi connectivity index (χ2n) is 19.7. The maximum absolute atomic E-state index is 13.7. The van der Waals surface area contributed by atoms with Crippen molar-refractivity contribution in [3.05, 3.63) is 88.9 Å². The van der Waals surface area contributed by atoms with Crippen LogP contribution in [0.15, 0.2) is 60.8 Å². The number of carboxylic acids is 1. The molecule has 0 radical (unpaired) electrons. The number of amides is 1. The van der Waals surface area contributed by atoms with E-state index in [1.165, 1.54) is 28.3 Å². The Bertz CT molecular complexity index is 2670. The van der Waals surface area contributed by atoms with Gasteiger partial charge in [0.1, 0.15) is 5.82 Å². The predicted molar refractivity (Wildman–Crippen MR) is 239 cm³/mol. The molecule has 11 rings (SSSR count). The van der Waals surface area contributed by atoms with Gasteiger partial charge in [0.05, 0.1) is 34.9 Å². The summed E-state index contributed by atoms with van der Waals surface area (Å²) in [5.74, 6) is -0.794. The molecule has 1 saturated heterocycles. The highest BCUT2D eigenvalue weighted by atomic mass is 32.2. The SMILES string of the molecule is Cc1c(-c2ccc(N3CCc4cccc(C(=O)Nc5nc6ccccc6s5)c4C3)nc2C(=O)O)cnn1CC12CC3(C)CC(C)(C1)CC(OCCNC1CN(S(C)(=O)=O)C1)(C3)C2. The summed E-state index contributed by atoms with van der Waals surface area (Å²) in [4.78, 5) is 38.0. The summed E-state index contributed by atoms with van der Waals surface area (Å²) >= 11 is 1.44. The monoisotopic (exact) mass is 878 g/mol. The van der Waals surface area contributed by atoms with E-state index in [1.807, 2.05) is 66.4 Å². The Kier molecular flexibility index (Phi) is 9.94. The van der Waals surface area contributed by atoms with Crippen molar-refractivity contribution in [2.75, 3.05) is 49.3 Å². The topological polar surface area (TPSA) is 172 Å². The van der Waals surface area contributed by atoms with Crippen LogP contribution in [-0.4, -0.2) is 100 Å². The molecule has 5 fully saturated rings. The van der Waals surface area contributed by atoms with Gasteiger partial charge in [-0.05, 0) is 110 Å². The first-order chi connectivity index (χ1) is 29.5. The molecule has 16 heteroatoms. The molecule has 6 aliphatic rings. The quantitative estimate of drug-likeness (QED) is 0.107. The summed E-state index contributed by atoms with van der Waals surface area (Å²) < 4.78 is 35.1. The van der Waals surface area contributed by atoms with Gasteiger partial charge in [-0.1, -0.05) is 49.4 Å². The predicted octanol–water partition coefficient (Wildman–Crippen LogP) is 6.75. The second-order valence-corrected chi connectivity index (χ2v) is 22.7. The molecule has 5 aromatic rings. The smallest absolute Gasteiger partial charge is 0.355 e. The van der Waals surface area contributed by atoms with E-state index in [0.29, 0.717) is 67.8 Å². The maximum atomic E-state index is 13.7. The Morgan fingerprint density at radius 2 is 1.73 bits per heavy atom. The first-order valence-electron chi connectivity index (χ1n) is 21.6. The number of nitrogens with one attached hydrogen (secondary N) is 2. The number of rotatable bonds is 13. The Hall–Kier alpha value is -4.74. The Labute approximate surface area is 366 Å². The third kappa shape index (κ3) is 7.61. The number of pyridine rings is 1. The highest BCUT2D eigenvalue weighted by molar-refractivity contribution is 7.88. The van der Waals surface area contributed by atoms with Gasteiger partial charge in [0.25, 0.3) is 5.91 Å². The molecule has 0 spiro atoms. The number of aromatic nitrogens is 4. The largest absolute Gasteiger partial charge is 0.476 e. The Balaban J connectivity index is 0.849. The van der Waals surface area contributed by atoms with E-state index in [-0.39, 0.29) is 39.5 Å². The fourth-order valence-corrected chi connectivity index (χ4v) is 14.6. The van der Waals surface area contributed by atoms with E-state index >= 15 is 0 Å². The standard InChI is InChI=1S/C46H54N8O6S2/c1-29-34(18-48-54(29)28-45-23-43(2)22-44(3,24-45)26-46(25-43,27-45)60-17-15-47-31-19-53(20-31)62(4,58)59)32-12-13-38(50-39(32)41(56)57)52-16-14-30-8-7-9-33(35(30)21-52)40(55)51-42-49-36-10-5-6-11-37(36)61-42/h5-13,18,31,47H,14-17,19-28H2,1-4H3,(H,56,57)(H,49,51,55). The van der Waals surface area contributed by atoms with Gasteiger partial charge in [-0.2, -0.15) is 9.40 Å². The number of aromatic carboxylic acids is 1. The van der Waals surface area contributed by atoms with Gasteiger partial charge in [0.2, 0.25) is 10.0 Å². The van der Waals surface area contributed by atoms with Crippen molar-refractivity contribution in [1.29, 1.82) is 0 Å². The summed E-state index contributed by atoms with van der Waals surface area (Å²) in [5, 5.41) is 22.5. The number of hydrogen-bond donors (Lipinski definition) is 3. The zero-order chi connectivity index (χ0) is 43.2. The minimum absolute atomic E-state index is 0.0177. The molecule has 14 nitrogen and oxygen atoms in total. The molecule has 2 aliphatic heterocycles. The molecule has 4 aliphatic carbocycles. The Morgan fingerprint density at radius 3 is 2.47 bits per heavy atom. The number of sulfonamides is 1. The van der Waals surface area contributed by atoms with Crippen molar-refractivity contribution in [3.8, 4) is 11.1 Å². The van der Waals surface area contributed by atoms with Crippen LogP contribution in [0.5, 0.6) is 0 Å². The number of carbonyl (C=O) groups excluding carboxylic acids is 1. The maximum Gasteiger partial charge on any atom is 0.355 e. The van der Waals surface area contributed by atoms with Crippen LogP contribution < -0.4 is 15.5 Å². The first kappa shape index (κ1) is 41.3. The molecule has 3 N–H and O–H groups in total. The number of ether oxygens (including phenoxy) is 1. The Morgan fingerprint density at radius 1 is 0.952 bits per heavy atom. The van der Waals surface area contributed by atoms with Crippen LogP contribution in [0, 0.1) is 23.2 Å². The fraction of sp³-hybridized carbons (Fsp3) is 0.500. The fourth-order valence-electron chi connectivity index (χ4n) is 12.8. The normalized spacial score (nSPS) is 27.1. The van der Waals surface area contributed by atoms with Crippen molar-refractivity contribution < 1.29 is 27.9 Å². The number of benzene rings is 2. The average molecular weight is 879 g/mol. The van der Waals surface area contributed by atoms with E-state index in [4.69, 9.17) is 14.8 Å². The molecule has 326 valence electrons. The number of hydrogen-bond acceptors (Lipinski definition) is 11. The van der Waals surface area contributed by atoms with Crippen LogP contribution in [-0.2, 0) is 34.3 Å².